The van der Waals surface area contributed by atoms with Crippen LogP contribution in [0, 0.1) is 11.3 Å². The number of benzene rings is 1. The lowest BCUT2D eigenvalue weighted by atomic mass is 9.67. The summed E-state index contributed by atoms with van der Waals surface area (Å²) in [6.07, 6.45) is 10.2. The van der Waals surface area contributed by atoms with Gasteiger partial charge in [0.05, 0.1) is 17.6 Å². The number of allylic oxidation sites excluding steroid dienone is 1. The van der Waals surface area contributed by atoms with Gasteiger partial charge in [-0.05, 0) is 51.1 Å². The molecular formula is C21H27NO. The van der Waals surface area contributed by atoms with Crippen LogP contribution in [-0.2, 0) is 4.74 Å². The molecule has 2 bridgehead atoms. The number of ether oxygens (including phenoxy) is 1. The standard InChI is InChI=1S/C21H27NO/c1-4-23-19-15-21(22(2)3)17(16-10-6-5-7-11-16)14-20(19)13-9-8-12-18(20)21/h5-7,10-11,14-15,18H,4,8-9,12-13H2,1-3H3/t18-,20-,21-/m1/s1. The molecule has 2 nitrogen and oxygen atoms in total. The molecule has 1 saturated carbocycles. The second-order valence-electron chi connectivity index (χ2n) is 7.42. The van der Waals surface area contributed by atoms with Crippen LogP contribution in [0.4, 0.5) is 0 Å². The van der Waals surface area contributed by atoms with Gasteiger partial charge in [0, 0.05) is 5.92 Å². The topological polar surface area (TPSA) is 12.5 Å². The summed E-state index contributed by atoms with van der Waals surface area (Å²) in [6.45, 7) is 2.86. The minimum absolute atomic E-state index is 0.00766. The predicted molar refractivity (Wildman–Crippen MR) is 94.9 cm³/mol. The lowest BCUT2D eigenvalue weighted by Crippen LogP contribution is -2.48. The first-order valence-corrected chi connectivity index (χ1v) is 8.97. The fourth-order valence-electron chi connectivity index (χ4n) is 5.37. The molecule has 0 radical (unpaired) electrons. The predicted octanol–water partition coefficient (Wildman–Crippen LogP) is 4.49. The zero-order valence-electron chi connectivity index (χ0n) is 14.5. The van der Waals surface area contributed by atoms with Gasteiger partial charge in [-0.3, -0.25) is 4.90 Å². The Morgan fingerprint density at radius 1 is 1.13 bits per heavy atom. The number of hydrogen-bond acceptors (Lipinski definition) is 2. The second kappa shape index (κ2) is 5.24. The van der Waals surface area contributed by atoms with Crippen LogP contribution in [0.2, 0.25) is 0 Å². The summed E-state index contributed by atoms with van der Waals surface area (Å²) in [6, 6.07) is 10.9. The minimum Gasteiger partial charge on any atom is -0.498 e. The van der Waals surface area contributed by atoms with E-state index in [-0.39, 0.29) is 11.0 Å². The number of likely N-dealkylation sites (N-methyl/N-ethyl adjacent to an activating group) is 1. The van der Waals surface area contributed by atoms with E-state index >= 15 is 0 Å². The van der Waals surface area contributed by atoms with E-state index in [1.165, 1.54) is 42.6 Å². The Bertz CT molecular complexity index is 660. The molecule has 0 aromatic heterocycles. The summed E-state index contributed by atoms with van der Waals surface area (Å²) in [4.78, 5) is 2.43. The van der Waals surface area contributed by atoms with Crippen molar-refractivity contribution in [1.82, 2.24) is 4.90 Å². The molecule has 3 aliphatic rings. The van der Waals surface area contributed by atoms with E-state index < -0.39 is 0 Å². The van der Waals surface area contributed by atoms with Gasteiger partial charge < -0.3 is 4.74 Å². The maximum atomic E-state index is 6.15. The minimum atomic E-state index is -0.00766. The van der Waals surface area contributed by atoms with Gasteiger partial charge in [0.2, 0.25) is 0 Å². The van der Waals surface area contributed by atoms with E-state index in [9.17, 15) is 0 Å². The van der Waals surface area contributed by atoms with Crippen molar-refractivity contribution in [3.05, 3.63) is 53.8 Å². The first-order valence-electron chi connectivity index (χ1n) is 8.97. The number of rotatable bonds is 4. The van der Waals surface area contributed by atoms with Gasteiger partial charge in [-0.15, -0.1) is 0 Å². The molecule has 0 aliphatic heterocycles. The van der Waals surface area contributed by atoms with Gasteiger partial charge in [0.15, 0.2) is 0 Å². The molecule has 1 fully saturated rings. The highest BCUT2D eigenvalue weighted by molar-refractivity contribution is 5.83. The summed E-state index contributed by atoms with van der Waals surface area (Å²) in [5.74, 6) is 1.86. The van der Waals surface area contributed by atoms with Crippen molar-refractivity contribution >= 4 is 5.57 Å². The molecule has 0 heterocycles. The lowest BCUT2D eigenvalue weighted by Gasteiger charge is -2.43. The molecule has 0 amide bonds. The average molecular weight is 309 g/mol. The van der Waals surface area contributed by atoms with E-state index in [2.05, 4.69) is 68.4 Å². The van der Waals surface area contributed by atoms with Gasteiger partial charge in [0.1, 0.15) is 5.76 Å². The molecule has 23 heavy (non-hydrogen) atoms. The third kappa shape index (κ3) is 1.85. The highest BCUT2D eigenvalue weighted by atomic mass is 16.5. The summed E-state index contributed by atoms with van der Waals surface area (Å²) >= 11 is 0. The van der Waals surface area contributed by atoms with Crippen LogP contribution in [0.25, 0.3) is 5.57 Å². The average Bonchev–Trinajstić information content (AvgIpc) is 3.03. The first kappa shape index (κ1) is 15.0. The molecule has 0 N–H and O–H groups in total. The third-order valence-corrected chi connectivity index (χ3v) is 6.25. The fourth-order valence-corrected chi connectivity index (χ4v) is 5.37. The molecule has 1 aromatic carbocycles. The number of nitrogens with zero attached hydrogens (tertiary/aromatic N) is 1. The third-order valence-electron chi connectivity index (χ3n) is 6.25. The Morgan fingerprint density at radius 2 is 1.91 bits per heavy atom. The van der Waals surface area contributed by atoms with E-state index in [1.807, 2.05) is 0 Å². The SMILES string of the molecule is CCOC1=C[C@@]2(N(C)C)C(c3ccccc3)=C[C@@]13CCCC[C@H]32. The van der Waals surface area contributed by atoms with E-state index in [0.717, 1.165) is 6.61 Å². The molecular weight excluding hydrogens is 282 g/mol. The zero-order valence-corrected chi connectivity index (χ0v) is 14.5. The second-order valence-corrected chi connectivity index (χ2v) is 7.42. The summed E-state index contributed by atoms with van der Waals surface area (Å²) in [5, 5.41) is 0. The molecule has 1 aromatic rings. The van der Waals surface area contributed by atoms with Crippen molar-refractivity contribution in [2.45, 2.75) is 38.1 Å². The van der Waals surface area contributed by atoms with Crippen LogP contribution in [0.1, 0.15) is 38.2 Å². The molecule has 0 unspecified atom stereocenters. The highest BCUT2D eigenvalue weighted by Crippen LogP contribution is 2.67. The molecule has 4 rings (SSSR count). The van der Waals surface area contributed by atoms with Crippen molar-refractivity contribution in [1.29, 1.82) is 0 Å². The Hall–Kier alpha value is -1.54. The summed E-state index contributed by atoms with van der Waals surface area (Å²) < 4.78 is 6.15. The number of hydrogen-bond donors (Lipinski definition) is 0. The van der Waals surface area contributed by atoms with Crippen LogP contribution in [0.5, 0.6) is 0 Å². The maximum absolute atomic E-state index is 6.15. The molecule has 0 spiro atoms. The Kier molecular flexibility index (Phi) is 3.42. The first-order chi connectivity index (χ1) is 11.1. The Labute approximate surface area is 139 Å². The van der Waals surface area contributed by atoms with Gasteiger partial charge in [0.25, 0.3) is 0 Å². The van der Waals surface area contributed by atoms with E-state index in [4.69, 9.17) is 4.74 Å². The van der Waals surface area contributed by atoms with Gasteiger partial charge in [-0.2, -0.15) is 0 Å². The largest absolute Gasteiger partial charge is 0.498 e. The molecule has 2 heteroatoms. The lowest BCUT2D eigenvalue weighted by molar-refractivity contribution is 0.0759. The van der Waals surface area contributed by atoms with E-state index in [1.54, 1.807) is 0 Å². The molecule has 3 atom stereocenters. The smallest absolute Gasteiger partial charge is 0.104 e. The summed E-state index contributed by atoms with van der Waals surface area (Å²) in [7, 11) is 4.46. The molecule has 3 aliphatic carbocycles. The van der Waals surface area contributed by atoms with Crippen molar-refractivity contribution < 1.29 is 4.74 Å². The highest BCUT2D eigenvalue weighted by Gasteiger charge is 2.65. The quantitative estimate of drug-likeness (QED) is 0.812. The van der Waals surface area contributed by atoms with Gasteiger partial charge in [-0.1, -0.05) is 49.2 Å². The maximum Gasteiger partial charge on any atom is 0.104 e. The van der Waals surface area contributed by atoms with Gasteiger partial charge in [-0.25, -0.2) is 0 Å². The Morgan fingerprint density at radius 3 is 2.61 bits per heavy atom. The van der Waals surface area contributed by atoms with Crippen molar-refractivity contribution in [3.8, 4) is 0 Å². The zero-order chi connectivity index (χ0) is 16.1. The van der Waals surface area contributed by atoms with Gasteiger partial charge >= 0.3 is 0 Å². The fraction of sp³-hybridized carbons (Fsp3) is 0.524. The van der Waals surface area contributed by atoms with Crippen molar-refractivity contribution in [2.24, 2.45) is 11.3 Å². The van der Waals surface area contributed by atoms with Crippen LogP contribution < -0.4 is 0 Å². The Balaban J connectivity index is 1.90. The van der Waals surface area contributed by atoms with Crippen molar-refractivity contribution in [2.75, 3.05) is 20.7 Å². The monoisotopic (exact) mass is 309 g/mol. The molecule has 0 saturated heterocycles. The molecule has 122 valence electrons. The van der Waals surface area contributed by atoms with Crippen molar-refractivity contribution in [3.63, 3.8) is 0 Å². The van der Waals surface area contributed by atoms with Crippen LogP contribution in [0.15, 0.2) is 48.2 Å². The van der Waals surface area contributed by atoms with Crippen LogP contribution >= 0.6 is 0 Å². The van der Waals surface area contributed by atoms with E-state index in [0.29, 0.717) is 5.92 Å². The summed E-state index contributed by atoms with van der Waals surface area (Å²) in [5.41, 5.74) is 2.97. The normalized spacial score (nSPS) is 35.0. The van der Waals surface area contributed by atoms with Crippen LogP contribution in [-0.4, -0.2) is 31.1 Å². The van der Waals surface area contributed by atoms with Crippen LogP contribution in [0.3, 0.4) is 0 Å².